The van der Waals surface area contributed by atoms with E-state index < -0.39 is 0 Å². The SMILES string of the molecule is C[C@H](NC(=S)NC1CC1)c1ccccc1Cl. The van der Waals surface area contributed by atoms with Gasteiger partial charge in [-0.05, 0) is 43.6 Å². The molecule has 2 N–H and O–H groups in total. The van der Waals surface area contributed by atoms with Crippen LogP contribution in [0.15, 0.2) is 24.3 Å². The van der Waals surface area contributed by atoms with Crippen molar-refractivity contribution in [3.05, 3.63) is 34.9 Å². The molecule has 0 aromatic heterocycles. The molecule has 0 bridgehead atoms. The maximum absolute atomic E-state index is 6.12. The third-order valence-corrected chi connectivity index (χ3v) is 3.21. The molecular formula is C12H15ClN2S. The molecule has 1 aliphatic rings. The van der Waals surface area contributed by atoms with Gasteiger partial charge in [0.15, 0.2) is 5.11 Å². The van der Waals surface area contributed by atoms with E-state index in [4.69, 9.17) is 23.8 Å². The smallest absolute Gasteiger partial charge is 0.166 e. The van der Waals surface area contributed by atoms with Gasteiger partial charge in [0, 0.05) is 11.1 Å². The van der Waals surface area contributed by atoms with E-state index in [1.807, 2.05) is 24.3 Å². The summed E-state index contributed by atoms with van der Waals surface area (Å²) >= 11 is 11.3. The summed E-state index contributed by atoms with van der Waals surface area (Å²) in [6, 6.07) is 8.54. The van der Waals surface area contributed by atoms with Crippen LogP contribution < -0.4 is 10.6 Å². The highest BCUT2D eigenvalue weighted by molar-refractivity contribution is 7.80. The molecular weight excluding hydrogens is 240 g/mol. The Morgan fingerprint density at radius 1 is 1.44 bits per heavy atom. The quantitative estimate of drug-likeness (QED) is 0.811. The topological polar surface area (TPSA) is 24.1 Å². The molecule has 0 aliphatic heterocycles. The molecule has 0 saturated heterocycles. The lowest BCUT2D eigenvalue weighted by atomic mass is 10.1. The first-order valence-corrected chi connectivity index (χ1v) is 6.27. The maximum atomic E-state index is 6.12. The highest BCUT2D eigenvalue weighted by Crippen LogP contribution is 2.22. The Bertz CT molecular complexity index is 390. The molecule has 2 nitrogen and oxygen atoms in total. The minimum Gasteiger partial charge on any atom is -0.360 e. The monoisotopic (exact) mass is 254 g/mol. The Kier molecular flexibility index (Phi) is 3.66. The minimum absolute atomic E-state index is 0.132. The van der Waals surface area contributed by atoms with Crippen LogP contribution in [0.25, 0.3) is 0 Å². The number of benzene rings is 1. The third-order valence-electron chi connectivity index (χ3n) is 2.63. The Hall–Kier alpha value is -0.800. The predicted molar refractivity (Wildman–Crippen MR) is 71.8 cm³/mol. The highest BCUT2D eigenvalue weighted by atomic mass is 35.5. The average molecular weight is 255 g/mol. The normalized spacial score (nSPS) is 16.6. The van der Waals surface area contributed by atoms with Crippen LogP contribution in [0.5, 0.6) is 0 Å². The van der Waals surface area contributed by atoms with Crippen molar-refractivity contribution in [1.82, 2.24) is 10.6 Å². The summed E-state index contributed by atoms with van der Waals surface area (Å²) in [5, 5.41) is 7.99. The molecule has 2 rings (SSSR count). The maximum Gasteiger partial charge on any atom is 0.166 e. The Balaban J connectivity index is 1.93. The fourth-order valence-electron chi connectivity index (χ4n) is 1.56. The molecule has 0 heterocycles. The summed E-state index contributed by atoms with van der Waals surface area (Å²) in [5.74, 6) is 0. The Labute approximate surface area is 106 Å². The van der Waals surface area contributed by atoms with Gasteiger partial charge >= 0.3 is 0 Å². The number of thiocarbonyl (C=S) groups is 1. The van der Waals surface area contributed by atoms with Crippen LogP contribution in [0.2, 0.25) is 5.02 Å². The number of hydrogen-bond acceptors (Lipinski definition) is 1. The van der Waals surface area contributed by atoms with Crippen LogP contribution >= 0.6 is 23.8 Å². The van der Waals surface area contributed by atoms with Gasteiger partial charge in [0.25, 0.3) is 0 Å². The minimum atomic E-state index is 0.132. The van der Waals surface area contributed by atoms with Crippen LogP contribution in [0.3, 0.4) is 0 Å². The molecule has 0 amide bonds. The summed E-state index contributed by atoms with van der Waals surface area (Å²) in [5.41, 5.74) is 1.07. The molecule has 86 valence electrons. The van der Waals surface area contributed by atoms with E-state index in [1.54, 1.807) is 0 Å². The molecule has 1 aromatic rings. The van der Waals surface area contributed by atoms with Crippen LogP contribution in [-0.4, -0.2) is 11.2 Å². The Morgan fingerprint density at radius 2 is 2.12 bits per heavy atom. The zero-order valence-corrected chi connectivity index (χ0v) is 10.7. The molecule has 0 radical (unpaired) electrons. The van der Waals surface area contributed by atoms with Crippen molar-refractivity contribution in [2.75, 3.05) is 0 Å². The van der Waals surface area contributed by atoms with E-state index in [0.717, 1.165) is 15.7 Å². The Morgan fingerprint density at radius 3 is 2.75 bits per heavy atom. The first-order chi connectivity index (χ1) is 7.66. The molecule has 1 atom stereocenters. The molecule has 1 saturated carbocycles. The van der Waals surface area contributed by atoms with Crippen LogP contribution in [0, 0.1) is 0 Å². The summed E-state index contributed by atoms with van der Waals surface area (Å²) < 4.78 is 0. The van der Waals surface area contributed by atoms with Crippen molar-refractivity contribution >= 4 is 28.9 Å². The van der Waals surface area contributed by atoms with Crippen molar-refractivity contribution in [2.45, 2.75) is 31.8 Å². The number of hydrogen-bond donors (Lipinski definition) is 2. The van der Waals surface area contributed by atoms with Gasteiger partial charge < -0.3 is 10.6 Å². The predicted octanol–water partition coefficient (Wildman–Crippen LogP) is 3.03. The summed E-state index contributed by atoms with van der Waals surface area (Å²) in [4.78, 5) is 0. The summed E-state index contributed by atoms with van der Waals surface area (Å²) in [6.45, 7) is 2.06. The van der Waals surface area contributed by atoms with E-state index in [0.29, 0.717) is 6.04 Å². The second-order valence-corrected chi connectivity index (χ2v) is 4.95. The number of rotatable bonds is 3. The third kappa shape index (κ3) is 3.09. The van der Waals surface area contributed by atoms with Gasteiger partial charge in [0.1, 0.15) is 0 Å². The molecule has 4 heteroatoms. The van der Waals surface area contributed by atoms with Crippen molar-refractivity contribution < 1.29 is 0 Å². The molecule has 1 aliphatic carbocycles. The van der Waals surface area contributed by atoms with E-state index in [9.17, 15) is 0 Å². The second-order valence-electron chi connectivity index (χ2n) is 4.14. The lowest BCUT2D eigenvalue weighted by molar-refractivity contribution is 0.697. The molecule has 0 spiro atoms. The van der Waals surface area contributed by atoms with E-state index in [-0.39, 0.29) is 6.04 Å². The largest absolute Gasteiger partial charge is 0.360 e. The molecule has 1 fully saturated rings. The zero-order valence-electron chi connectivity index (χ0n) is 9.16. The number of nitrogens with one attached hydrogen (secondary N) is 2. The van der Waals surface area contributed by atoms with Gasteiger partial charge in [-0.2, -0.15) is 0 Å². The van der Waals surface area contributed by atoms with Crippen molar-refractivity contribution in [3.8, 4) is 0 Å². The van der Waals surface area contributed by atoms with Crippen LogP contribution in [0.1, 0.15) is 31.4 Å². The van der Waals surface area contributed by atoms with Gasteiger partial charge in [-0.25, -0.2) is 0 Å². The first-order valence-electron chi connectivity index (χ1n) is 5.48. The highest BCUT2D eigenvalue weighted by Gasteiger charge is 2.22. The van der Waals surface area contributed by atoms with E-state index in [2.05, 4.69) is 17.6 Å². The van der Waals surface area contributed by atoms with Crippen LogP contribution in [-0.2, 0) is 0 Å². The zero-order chi connectivity index (χ0) is 11.5. The standard InChI is InChI=1S/C12H15ClN2S/c1-8(10-4-2-3-5-11(10)13)14-12(16)15-9-6-7-9/h2-5,8-9H,6-7H2,1H3,(H2,14,15,16)/t8-/m0/s1. The molecule has 1 aromatic carbocycles. The van der Waals surface area contributed by atoms with Gasteiger partial charge in [0.2, 0.25) is 0 Å². The molecule has 16 heavy (non-hydrogen) atoms. The molecule has 0 unspecified atom stereocenters. The fourth-order valence-corrected chi connectivity index (χ4v) is 2.20. The van der Waals surface area contributed by atoms with E-state index >= 15 is 0 Å². The number of halogens is 1. The summed E-state index contributed by atoms with van der Waals surface area (Å²) in [6.07, 6.45) is 2.45. The van der Waals surface area contributed by atoms with Gasteiger partial charge in [-0.3, -0.25) is 0 Å². The average Bonchev–Trinajstić information content (AvgIpc) is 3.01. The lowest BCUT2D eigenvalue weighted by Crippen LogP contribution is -2.38. The van der Waals surface area contributed by atoms with Crippen molar-refractivity contribution in [1.29, 1.82) is 0 Å². The summed E-state index contributed by atoms with van der Waals surface area (Å²) in [7, 11) is 0. The fraction of sp³-hybridized carbons (Fsp3) is 0.417. The first kappa shape index (κ1) is 11.7. The van der Waals surface area contributed by atoms with Crippen molar-refractivity contribution in [2.24, 2.45) is 0 Å². The lowest BCUT2D eigenvalue weighted by Gasteiger charge is -2.18. The van der Waals surface area contributed by atoms with Crippen LogP contribution in [0.4, 0.5) is 0 Å². The second kappa shape index (κ2) is 5.02. The van der Waals surface area contributed by atoms with Crippen molar-refractivity contribution in [3.63, 3.8) is 0 Å². The van der Waals surface area contributed by atoms with Gasteiger partial charge in [-0.1, -0.05) is 29.8 Å². The van der Waals surface area contributed by atoms with Gasteiger partial charge in [-0.15, -0.1) is 0 Å². The van der Waals surface area contributed by atoms with E-state index in [1.165, 1.54) is 12.8 Å². The van der Waals surface area contributed by atoms with Gasteiger partial charge in [0.05, 0.1) is 6.04 Å².